The number of methoxy groups -OCH3 is 1. The third-order valence-corrected chi connectivity index (χ3v) is 6.05. The van der Waals surface area contributed by atoms with E-state index < -0.39 is 0 Å². The minimum absolute atomic E-state index is 0.147. The van der Waals surface area contributed by atoms with Crippen molar-refractivity contribution < 1.29 is 14.3 Å². The predicted octanol–water partition coefficient (Wildman–Crippen LogP) is 5.03. The Bertz CT molecular complexity index is 798. The van der Waals surface area contributed by atoms with Crippen LogP contribution >= 0.6 is 22.9 Å². The van der Waals surface area contributed by atoms with Crippen LogP contribution in [0, 0.1) is 0 Å². The van der Waals surface area contributed by atoms with E-state index >= 15 is 0 Å². The van der Waals surface area contributed by atoms with E-state index in [0.29, 0.717) is 15.6 Å². The van der Waals surface area contributed by atoms with Crippen molar-refractivity contribution in [2.24, 2.45) is 0 Å². The molecule has 0 radical (unpaired) electrons. The second-order valence-corrected chi connectivity index (χ2v) is 8.01. The Kier molecular flexibility index (Phi) is 6.33. The number of anilines is 1. The fourth-order valence-electron chi connectivity index (χ4n) is 3.28. The molecule has 0 aliphatic heterocycles. The van der Waals surface area contributed by atoms with Crippen LogP contribution in [0.2, 0.25) is 5.02 Å². The molecule has 0 spiro atoms. The molecule has 0 saturated heterocycles. The molecule has 1 aliphatic carbocycles. The summed E-state index contributed by atoms with van der Waals surface area (Å²) in [5, 5.41) is 4.19. The third kappa shape index (κ3) is 4.46. The first-order valence-corrected chi connectivity index (χ1v) is 10.0. The van der Waals surface area contributed by atoms with Crippen molar-refractivity contribution in [2.75, 3.05) is 12.4 Å². The summed E-state index contributed by atoms with van der Waals surface area (Å²) in [5.74, 6) is -0.517. The lowest BCUT2D eigenvalue weighted by Crippen LogP contribution is -2.16. The molecule has 0 bridgehead atoms. The van der Waals surface area contributed by atoms with E-state index in [4.69, 9.17) is 16.3 Å². The van der Waals surface area contributed by atoms with E-state index in [2.05, 4.69) is 5.32 Å². The second kappa shape index (κ2) is 8.69. The zero-order valence-corrected chi connectivity index (χ0v) is 16.3. The Morgan fingerprint density at radius 2 is 1.81 bits per heavy atom. The monoisotopic (exact) mass is 391 g/mol. The van der Waals surface area contributed by atoms with Crippen LogP contribution in [0.25, 0.3) is 0 Å². The van der Waals surface area contributed by atoms with Crippen molar-refractivity contribution in [1.82, 2.24) is 0 Å². The number of hydrogen-bond acceptors (Lipinski definition) is 4. The van der Waals surface area contributed by atoms with Crippen molar-refractivity contribution in [3.05, 3.63) is 50.9 Å². The number of nitrogens with one attached hydrogen (secondary N) is 1. The van der Waals surface area contributed by atoms with Gasteiger partial charge in [-0.3, -0.25) is 4.79 Å². The molecule has 1 aromatic carbocycles. The third-order valence-electron chi connectivity index (χ3n) is 4.59. The highest BCUT2D eigenvalue weighted by Gasteiger charge is 2.25. The Morgan fingerprint density at radius 1 is 1.12 bits per heavy atom. The number of carbonyl (C=O) groups excluding carboxylic acids is 2. The van der Waals surface area contributed by atoms with Crippen LogP contribution in [0.1, 0.15) is 52.0 Å². The Morgan fingerprint density at radius 3 is 2.50 bits per heavy atom. The Balaban J connectivity index is 1.83. The largest absolute Gasteiger partial charge is 0.465 e. The number of rotatable bonds is 4. The molecule has 4 nitrogen and oxygen atoms in total. The highest BCUT2D eigenvalue weighted by atomic mass is 35.5. The molecule has 1 N–H and O–H groups in total. The fourth-order valence-corrected chi connectivity index (χ4v) is 4.70. The van der Waals surface area contributed by atoms with Gasteiger partial charge in [0.2, 0.25) is 5.91 Å². The molecule has 1 aromatic heterocycles. The molecule has 6 heteroatoms. The summed E-state index contributed by atoms with van der Waals surface area (Å²) in [6, 6.07) is 7.19. The molecule has 2 aromatic rings. The van der Waals surface area contributed by atoms with Gasteiger partial charge in [-0.05, 0) is 48.9 Å². The van der Waals surface area contributed by atoms with Gasteiger partial charge in [-0.25, -0.2) is 4.79 Å². The molecule has 26 heavy (non-hydrogen) atoms. The molecular formula is C20H22ClNO3S. The van der Waals surface area contributed by atoms with E-state index in [1.165, 1.54) is 36.2 Å². The zero-order valence-electron chi connectivity index (χ0n) is 14.8. The standard InChI is InChI=1S/C20H22ClNO3S/c1-25-20(24)18-15-6-4-2-3-5-7-16(15)26-19(18)22-17(23)12-13-8-10-14(21)11-9-13/h8-11H,2-7,12H2,1H3,(H,22,23). The quantitative estimate of drug-likeness (QED) is 0.744. The maximum absolute atomic E-state index is 12.5. The van der Waals surface area contributed by atoms with Gasteiger partial charge >= 0.3 is 5.97 Å². The van der Waals surface area contributed by atoms with E-state index in [-0.39, 0.29) is 18.3 Å². The van der Waals surface area contributed by atoms with Crippen LogP contribution in [-0.4, -0.2) is 19.0 Å². The molecule has 1 heterocycles. The first-order valence-electron chi connectivity index (χ1n) is 8.85. The van der Waals surface area contributed by atoms with Gasteiger partial charge in [-0.1, -0.05) is 36.6 Å². The van der Waals surface area contributed by atoms with E-state index in [0.717, 1.165) is 36.8 Å². The zero-order chi connectivity index (χ0) is 18.5. The number of aryl methyl sites for hydroxylation is 1. The molecule has 0 fully saturated rings. The van der Waals surface area contributed by atoms with Gasteiger partial charge in [-0.2, -0.15) is 0 Å². The summed E-state index contributed by atoms with van der Waals surface area (Å²) in [5.41, 5.74) is 2.48. The van der Waals surface area contributed by atoms with Crippen molar-refractivity contribution in [3.8, 4) is 0 Å². The molecule has 0 saturated carbocycles. The van der Waals surface area contributed by atoms with E-state index in [1.54, 1.807) is 12.1 Å². The number of halogens is 1. The van der Waals surface area contributed by atoms with Gasteiger partial charge in [0, 0.05) is 9.90 Å². The number of amides is 1. The van der Waals surface area contributed by atoms with Crippen LogP contribution in [0.4, 0.5) is 5.00 Å². The topological polar surface area (TPSA) is 55.4 Å². The first-order chi connectivity index (χ1) is 12.6. The smallest absolute Gasteiger partial charge is 0.341 e. The summed E-state index contributed by atoms with van der Waals surface area (Å²) < 4.78 is 4.99. The van der Waals surface area contributed by atoms with Crippen molar-refractivity contribution in [3.63, 3.8) is 0 Å². The van der Waals surface area contributed by atoms with Gasteiger partial charge in [0.05, 0.1) is 19.1 Å². The minimum atomic E-state index is -0.370. The van der Waals surface area contributed by atoms with Crippen molar-refractivity contribution in [2.45, 2.75) is 44.9 Å². The summed E-state index contributed by atoms with van der Waals surface area (Å²) in [4.78, 5) is 26.1. The summed E-state index contributed by atoms with van der Waals surface area (Å²) in [6.07, 6.45) is 6.62. The lowest BCUT2D eigenvalue weighted by atomic mass is 9.96. The Labute approximate surface area is 162 Å². The van der Waals surface area contributed by atoms with Gasteiger partial charge in [0.15, 0.2) is 0 Å². The lowest BCUT2D eigenvalue weighted by Gasteiger charge is -2.11. The summed E-state index contributed by atoms with van der Waals surface area (Å²) in [6.45, 7) is 0. The molecule has 138 valence electrons. The SMILES string of the molecule is COC(=O)c1c(NC(=O)Cc2ccc(Cl)cc2)sc2c1CCCCCC2. The van der Waals surface area contributed by atoms with Crippen LogP contribution in [-0.2, 0) is 28.8 Å². The predicted molar refractivity (Wildman–Crippen MR) is 105 cm³/mol. The minimum Gasteiger partial charge on any atom is -0.465 e. The maximum atomic E-state index is 12.5. The lowest BCUT2D eigenvalue weighted by molar-refractivity contribution is -0.115. The molecule has 0 atom stereocenters. The van der Waals surface area contributed by atoms with E-state index in [1.807, 2.05) is 12.1 Å². The van der Waals surface area contributed by atoms with E-state index in [9.17, 15) is 9.59 Å². The van der Waals surface area contributed by atoms with Crippen molar-refractivity contribution >= 4 is 39.8 Å². The van der Waals surface area contributed by atoms with Crippen molar-refractivity contribution in [1.29, 1.82) is 0 Å². The number of fused-ring (bicyclic) bond motifs is 1. The van der Waals surface area contributed by atoms with Gasteiger partial charge < -0.3 is 10.1 Å². The number of ether oxygens (including phenoxy) is 1. The number of hydrogen-bond donors (Lipinski definition) is 1. The molecule has 1 aliphatic rings. The highest BCUT2D eigenvalue weighted by Crippen LogP contribution is 2.37. The number of esters is 1. The highest BCUT2D eigenvalue weighted by molar-refractivity contribution is 7.17. The second-order valence-electron chi connectivity index (χ2n) is 6.47. The number of benzene rings is 1. The maximum Gasteiger partial charge on any atom is 0.341 e. The molecule has 1 amide bonds. The number of thiophene rings is 1. The van der Waals surface area contributed by atoms with Gasteiger partial charge in [0.1, 0.15) is 5.00 Å². The summed E-state index contributed by atoms with van der Waals surface area (Å²) >= 11 is 7.40. The number of carbonyl (C=O) groups is 2. The molecular weight excluding hydrogens is 370 g/mol. The summed E-state index contributed by atoms with van der Waals surface area (Å²) in [7, 11) is 1.38. The van der Waals surface area contributed by atoms with Crippen LogP contribution in [0.3, 0.4) is 0 Å². The fraction of sp³-hybridized carbons (Fsp3) is 0.400. The van der Waals surface area contributed by atoms with Crippen LogP contribution in [0.5, 0.6) is 0 Å². The molecule has 0 unspecified atom stereocenters. The Hall–Kier alpha value is -1.85. The van der Waals surface area contributed by atoms with Gasteiger partial charge in [0.25, 0.3) is 0 Å². The normalized spacial score (nSPS) is 14.1. The van der Waals surface area contributed by atoms with Crippen LogP contribution in [0.15, 0.2) is 24.3 Å². The first kappa shape index (κ1) is 18.9. The van der Waals surface area contributed by atoms with Gasteiger partial charge in [-0.15, -0.1) is 11.3 Å². The van der Waals surface area contributed by atoms with Crippen LogP contribution < -0.4 is 5.32 Å². The average molecular weight is 392 g/mol. The molecule has 3 rings (SSSR count). The average Bonchev–Trinajstić information content (AvgIpc) is 2.92.